The topological polar surface area (TPSA) is 92.4 Å². The van der Waals surface area contributed by atoms with Gasteiger partial charge in [0.1, 0.15) is 23.0 Å². The van der Waals surface area contributed by atoms with Gasteiger partial charge in [0.25, 0.3) is 5.91 Å². The number of hydrogen-bond donors (Lipinski definition) is 3. The van der Waals surface area contributed by atoms with Crippen molar-refractivity contribution in [3.05, 3.63) is 76.8 Å². The normalized spacial score (nSPS) is 12.7. The lowest BCUT2D eigenvalue weighted by atomic mass is 10.2. The van der Waals surface area contributed by atoms with Crippen molar-refractivity contribution in [3.63, 3.8) is 0 Å². The summed E-state index contributed by atoms with van der Waals surface area (Å²) in [5.41, 5.74) is -1.93. The molecule has 1 aromatic heterocycles. The lowest BCUT2D eigenvalue weighted by Gasteiger charge is -2.13. The van der Waals surface area contributed by atoms with Gasteiger partial charge in [-0.1, -0.05) is 11.6 Å². The molecule has 0 aliphatic carbocycles. The highest BCUT2D eigenvalue weighted by Gasteiger charge is 2.33. The standard InChI is InChI=1S/C21H15ClF4N4O3/c1-27-19(31)18-10-13(6-7-28-18)33-12-3-5-17(16(23)9-12)30-20(32)29-11-2-4-15(22)14(8-11)21(24,25)26/h2-10H,1H3,(H,27,31)(H2,29,30,32)/i1D3. The maximum Gasteiger partial charge on any atom is 0.417 e. The largest absolute Gasteiger partial charge is 0.457 e. The third kappa shape index (κ3) is 6.10. The lowest BCUT2D eigenvalue weighted by molar-refractivity contribution is -0.137. The third-order valence-electron chi connectivity index (χ3n) is 4.03. The van der Waals surface area contributed by atoms with Crippen molar-refractivity contribution in [3.8, 4) is 11.5 Å². The smallest absolute Gasteiger partial charge is 0.417 e. The van der Waals surface area contributed by atoms with E-state index in [4.69, 9.17) is 20.5 Å². The second-order valence-electron chi connectivity index (χ2n) is 6.35. The molecular formula is C21H15ClF4N4O3. The van der Waals surface area contributed by atoms with Gasteiger partial charge in [-0.2, -0.15) is 13.2 Å². The highest BCUT2D eigenvalue weighted by atomic mass is 35.5. The molecule has 0 aliphatic heterocycles. The summed E-state index contributed by atoms with van der Waals surface area (Å²) in [5, 5.41) is 5.53. The van der Waals surface area contributed by atoms with Crippen molar-refractivity contribution < 1.29 is 36.0 Å². The number of carbonyl (C=O) groups excluding carboxylic acids is 2. The van der Waals surface area contributed by atoms with E-state index in [-0.39, 0.29) is 28.6 Å². The second-order valence-corrected chi connectivity index (χ2v) is 6.75. The maximum atomic E-state index is 14.5. The van der Waals surface area contributed by atoms with Gasteiger partial charge in [0.2, 0.25) is 0 Å². The van der Waals surface area contributed by atoms with Crippen LogP contribution in [0.4, 0.5) is 33.7 Å². The van der Waals surface area contributed by atoms with Gasteiger partial charge < -0.3 is 20.7 Å². The van der Waals surface area contributed by atoms with Crippen LogP contribution in [-0.4, -0.2) is 23.9 Å². The molecule has 3 N–H and O–H groups in total. The van der Waals surface area contributed by atoms with Gasteiger partial charge in [-0.15, -0.1) is 0 Å². The molecule has 0 radical (unpaired) electrons. The summed E-state index contributed by atoms with van der Waals surface area (Å²) < 4.78 is 80.0. The van der Waals surface area contributed by atoms with Crippen molar-refractivity contribution in [1.82, 2.24) is 10.3 Å². The number of alkyl halides is 3. The Kier molecular flexibility index (Phi) is 5.84. The quantitative estimate of drug-likeness (QED) is 0.405. The first-order valence-electron chi connectivity index (χ1n) is 10.4. The summed E-state index contributed by atoms with van der Waals surface area (Å²) in [4.78, 5) is 27.8. The fourth-order valence-electron chi connectivity index (χ4n) is 2.56. The SMILES string of the molecule is [2H]C([2H])([2H])NC(=O)c1cc(Oc2ccc(NC(=O)Nc3ccc(Cl)c(C(F)(F)F)c3)c(F)c2)ccn1. The molecule has 0 saturated carbocycles. The van der Waals surface area contributed by atoms with Gasteiger partial charge in [-0.25, -0.2) is 9.18 Å². The zero-order valence-electron chi connectivity index (χ0n) is 19.3. The minimum Gasteiger partial charge on any atom is -0.457 e. The molecule has 0 fully saturated rings. The number of halogens is 5. The third-order valence-corrected chi connectivity index (χ3v) is 4.36. The van der Waals surface area contributed by atoms with E-state index in [0.29, 0.717) is 6.07 Å². The number of pyridine rings is 1. The van der Waals surface area contributed by atoms with Crippen LogP contribution in [0.3, 0.4) is 0 Å². The van der Waals surface area contributed by atoms with Crippen molar-refractivity contribution in [2.45, 2.75) is 6.18 Å². The molecule has 0 aliphatic rings. The molecule has 3 aromatic rings. The second kappa shape index (κ2) is 9.74. The van der Waals surface area contributed by atoms with Gasteiger partial charge in [-0.05, 0) is 36.4 Å². The average Bonchev–Trinajstić information content (AvgIpc) is 2.75. The average molecular weight is 486 g/mol. The number of amides is 3. The maximum absolute atomic E-state index is 14.5. The molecule has 33 heavy (non-hydrogen) atoms. The Morgan fingerprint density at radius 3 is 2.52 bits per heavy atom. The van der Waals surface area contributed by atoms with E-state index in [0.717, 1.165) is 30.3 Å². The van der Waals surface area contributed by atoms with Crippen LogP contribution in [0.5, 0.6) is 11.5 Å². The molecule has 0 spiro atoms. The summed E-state index contributed by atoms with van der Waals surface area (Å²) in [5.74, 6) is -1.91. The molecular weight excluding hydrogens is 468 g/mol. The van der Waals surface area contributed by atoms with E-state index in [1.165, 1.54) is 18.3 Å². The molecule has 0 bridgehead atoms. The highest BCUT2D eigenvalue weighted by molar-refractivity contribution is 6.31. The number of carbonyl (C=O) groups is 2. The summed E-state index contributed by atoms with van der Waals surface area (Å²) in [6.45, 7) is -2.72. The molecule has 7 nitrogen and oxygen atoms in total. The van der Waals surface area contributed by atoms with Gasteiger partial charge in [0, 0.05) is 35.1 Å². The molecule has 172 valence electrons. The zero-order chi connectivity index (χ0) is 26.7. The number of anilines is 2. The van der Waals surface area contributed by atoms with Crippen LogP contribution in [0.1, 0.15) is 20.2 Å². The van der Waals surface area contributed by atoms with E-state index in [1.807, 2.05) is 0 Å². The Labute approximate surface area is 193 Å². The first-order chi connectivity index (χ1) is 16.7. The van der Waals surface area contributed by atoms with Crippen LogP contribution in [0, 0.1) is 5.82 Å². The number of ether oxygens (including phenoxy) is 1. The zero-order valence-corrected chi connectivity index (χ0v) is 17.0. The molecule has 0 unspecified atom stereocenters. The Hall–Kier alpha value is -3.86. The van der Waals surface area contributed by atoms with Crippen LogP contribution < -0.4 is 20.7 Å². The van der Waals surface area contributed by atoms with Crippen LogP contribution in [-0.2, 0) is 6.18 Å². The molecule has 3 amide bonds. The monoisotopic (exact) mass is 485 g/mol. The molecule has 0 atom stereocenters. The molecule has 2 aromatic carbocycles. The van der Waals surface area contributed by atoms with E-state index >= 15 is 0 Å². The minimum atomic E-state index is -4.73. The van der Waals surface area contributed by atoms with Gasteiger partial charge in [0.15, 0.2) is 0 Å². The van der Waals surface area contributed by atoms with E-state index in [9.17, 15) is 27.2 Å². The fraction of sp³-hybridized carbons (Fsp3) is 0.0952. The van der Waals surface area contributed by atoms with E-state index < -0.39 is 41.5 Å². The lowest BCUT2D eigenvalue weighted by Crippen LogP contribution is -2.20. The summed E-state index contributed by atoms with van der Waals surface area (Å²) in [7, 11) is 0. The molecule has 0 saturated heterocycles. The summed E-state index contributed by atoms with van der Waals surface area (Å²) in [6.07, 6.45) is -3.55. The number of aromatic nitrogens is 1. The summed E-state index contributed by atoms with van der Waals surface area (Å²) in [6, 6.07) is 7.51. The number of nitrogens with zero attached hydrogens (tertiary/aromatic N) is 1. The number of nitrogens with one attached hydrogen (secondary N) is 3. The predicted octanol–water partition coefficient (Wildman–Crippen LogP) is 5.69. The predicted molar refractivity (Wildman–Crippen MR) is 113 cm³/mol. The van der Waals surface area contributed by atoms with Crippen LogP contribution >= 0.6 is 11.6 Å². The fourth-order valence-corrected chi connectivity index (χ4v) is 2.79. The molecule has 12 heteroatoms. The number of urea groups is 1. The molecule has 3 rings (SSSR count). The van der Waals surface area contributed by atoms with Gasteiger partial charge in [0.05, 0.1) is 16.3 Å². The minimum absolute atomic E-state index is 0.0423. The molecule has 1 heterocycles. The van der Waals surface area contributed by atoms with Crippen LogP contribution in [0.25, 0.3) is 0 Å². The number of benzene rings is 2. The van der Waals surface area contributed by atoms with Gasteiger partial charge >= 0.3 is 12.2 Å². The van der Waals surface area contributed by atoms with Gasteiger partial charge in [-0.3, -0.25) is 9.78 Å². The Morgan fingerprint density at radius 1 is 1.06 bits per heavy atom. The Bertz CT molecular complexity index is 1310. The highest BCUT2D eigenvalue weighted by Crippen LogP contribution is 2.36. The van der Waals surface area contributed by atoms with E-state index in [2.05, 4.69) is 15.6 Å². The first kappa shape index (κ1) is 19.8. The van der Waals surface area contributed by atoms with Crippen molar-refractivity contribution in [2.75, 3.05) is 17.6 Å². The van der Waals surface area contributed by atoms with Crippen molar-refractivity contribution in [1.29, 1.82) is 0 Å². The van der Waals surface area contributed by atoms with Crippen molar-refractivity contribution >= 4 is 34.9 Å². The Balaban J connectivity index is 1.67. The van der Waals surface area contributed by atoms with Crippen LogP contribution in [0.15, 0.2) is 54.7 Å². The van der Waals surface area contributed by atoms with Crippen LogP contribution in [0.2, 0.25) is 5.02 Å². The van der Waals surface area contributed by atoms with Crippen molar-refractivity contribution in [2.24, 2.45) is 0 Å². The number of hydrogen-bond acceptors (Lipinski definition) is 4. The Morgan fingerprint density at radius 2 is 1.82 bits per heavy atom. The number of rotatable bonds is 5. The van der Waals surface area contributed by atoms with E-state index in [1.54, 1.807) is 5.32 Å². The first-order valence-corrected chi connectivity index (χ1v) is 9.30. The summed E-state index contributed by atoms with van der Waals surface area (Å²) >= 11 is 5.53.